The van der Waals surface area contributed by atoms with Crippen LogP contribution in [0.15, 0.2) is 30.5 Å². The number of nitrogens with one attached hydrogen (secondary N) is 2. The molecule has 31 heavy (non-hydrogen) atoms. The molecule has 11 heteroatoms. The summed E-state index contributed by atoms with van der Waals surface area (Å²) in [5.74, 6) is -1.88. The number of carbonyl (C=O) groups is 2. The van der Waals surface area contributed by atoms with Crippen LogP contribution in [-0.2, 0) is 17.5 Å². The van der Waals surface area contributed by atoms with Crippen LogP contribution in [0.3, 0.4) is 0 Å². The Labute approximate surface area is 175 Å². The van der Waals surface area contributed by atoms with Gasteiger partial charge in [0.15, 0.2) is 0 Å². The molecule has 0 bridgehead atoms. The molecule has 3 heterocycles. The molecule has 1 aliphatic rings. The number of amides is 2. The van der Waals surface area contributed by atoms with Crippen LogP contribution >= 0.6 is 0 Å². The Morgan fingerprint density at radius 3 is 2.81 bits per heavy atom. The third-order valence-electron chi connectivity index (χ3n) is 5.26. The van der Waals surface area contributed by atoms with Gasteiger partial charge in [0, 0.05) is 31.4 Å². The van der Waals surface area contributed by atoms with Gasteiger partial charge in [-0.05, 0) is 37.6 Å². The molecule has 0 saturated carbocycles. The average molecular weight is 434 g/mol. The van der Waals surface area contributed by atoms with Gasteiger partial charge in [-0.1, -0.05) is 0 Å². The zero-order valence-electron chi connectivity index (χ0n) is 16.7. The smallest absolute Gasteiger partial charge is 0.354 e. The Morgan fingerprint density at radius 2 is 2.10 bits per heavy atom. The predicted molar refractivity (Wildman–Crippen MR) is 105 cm³/mol. The van der Waals surface area contributed by atoms with Crippen molar-refractivity contribution in [2.75, 3.05) is 19.6 Å². The van der Waals surface area contributed by atoms with E-state index in [9.17, 15) is 22.8 Å². The maximum atomic E-state index is 12.8. The van der Waals surface area contributed by atoms with E-state index in [1.807, 2.05) is 19.2 Å². The zero-order chi connectivity index (χ0) is 22.2. The van der Waals surface area contributed by atoms with E-state index in [4.69, 9.17) is 0 Å². The monoisotopic (exact) mass is 434 g/mol. The SMILES string of the molecule is Cc1ccn(CCNC(=O)C2CCN(C(=O)c3ccc4nc(C(F)(F)F)[nH]c4c3)C2)n1. The number of nitrogens with zero attached hydrogens (tertiary/aromatic N) is 4. The van der Waals surface area contributed by atoms with Crippen molar-refractivity contribution >= 4 is 22.8 Å². The van der Waals surface area contributed by atoms with Crippen molar-refractivity contribution < 1.29 is 22.8 Å². The molecule has 2 N–H and O–H groups in total. The second-order valence-electron chi connectivity index (χ2n) is 7.56. The molecule has 1 fully saturated rings. The molecule has 8 nitrogen and oxygen atoms in total. The lowest BCUT2D eigenvalue weighted by molar-refractivity contribution is -0.144. The van der Waals surface area contributed by atoms with Crippen LogP contribution in [0.4, 0.5) is 13.2 Å². The fourth-order valence-corrected chi connectivity index (χ4v) is 3.64. The molecule has 0 spiro atoms. The van der Waals surface area contributed by atoms with E-state index in [1.54, 1.807) is 9.58 Å². The summed E-state index contributed by atoms with van der Waals surface area (Å²) >= 11 is 0. The number of imidazole rings is 1. The van der Waals surface area contributed by atoms with Crippen LogP contribution in [0.25, 0.3) is 11.0 Å². The number of carbonyl (C=O) groups excluding carboxylic acids is 2. The maximum Gasteiger partial charge on any atom is 0.449 e. The molecule has 1 aromatic carbocycles. The molecule has 1 unspecified atom stereocenters. The number of aromatic amines is 1. The fraction of sp³-hybridized carbons (Fsp3) is 0.400. The van der Waals surface area contributed by atoms with Gasteiger partial charge in [0.05, 0.1) is 29.2 Å². The quantitative estimate of drug-likeness (QED) is 0.645. The largest absolute Gasteiger partial charge is 0.449 e. The number of halogens is 3. The Balaban J connectivity index is 1.35. The minimum absolute atomic E-state index is 0.127. The van der Waals surface area contributed by atoms with Gasteiger partial charge in [-0.3, -0.25) is 14.3 Å². The predicted octanol–water partition coefficient (Wildman–Crippen LogP) is 2.37. The summed E-state index contributed by atoms with van der Waals surface area (Å²) in [5, 5.41) is 7.12. The van der Waals surface area contributed by atoms with Crippen LogP contribution in [0, 0.1) is 12.8 Å². The first kappa shape index (κ1) is 20.9. The molecular formula is C20H21F3N6O2. The molecule has 1 atom stereocenters. The lowest BCUT2D eigenvalue weighted by atomic mass is 10.1. The van der Waals surface area contributed by atoms with Gasteiger partial charge in [-0.15, -0.1) is 0 Å². The Kier molecular flexibility index (Phi) is 5.42. The summed E-state index contributed by atoms with van der Waals surface area (Å²) in [6.45, 7) is 3.55. The molecule has 2 amide bonds. The number of aromatic nitrogens is 4. The molecule has 1 aliphatic heterocycles. The molecule has 3 aromatic rings. The highest BCUT2D eigenvalue weighted by molar-refractivity contribution is 5.98. The van der Waals surface area contributed by atoms with Crippen LogP contribution in [0.5, 0.6) is 0 Å². The molecular weight excluding hydrogens is 413 g/mol. The molecule has 4 rings (SSSR count). The van der Waals surface area contributed by atoms with Gasteiger partial charge in [-0.2, -0.15) is 18.3 Å². The van der Waals surface area contributed by atoms with E-state index in [-0.39, 0.29) is 40.9 Å². The van der Waals surface area contributed by atoms with Crippen LogP contribution in [0.2, 0.25) is 0 Å². The summed E-state index contributed by atoms with van der Waals surface area (Å²) in [6, 6.07) is 6.07. The highest BCUT2D eigenvalue weighted by Gasteiger charge is 2.35. The third kappa shape index (κ3) is 4.54. The standard InChI is InChI=1S/C20H21F3N6O2/c1-12-4-8-29(27-12)9-6-24-17(30)14-5-7-28(11-14)18(31)13-2-3-15-16(10-13)26-19(25-15)20(21,22)23/h2-4,8,10,14H,5-7,9,11H2,1H3,(H,24,30)(H,25,26). The van der Waals surface area contributed by atoms with Gasteiger partial charge in [0.1, 0.15) is 0 Å². The normalized spacial score (nSPS) is 16.8. The minimum Gasteiger partial charge on any atom is -0.354 e. The first-order chi connectivity index (χ1) is 14.7. The number of hydrogen-bond acceptors (Lipinski definition) is 4. The zero-order valence-corrected chi connectivity index (χ0v) is 16.7. The number of rotatable bonds is 5. The molecule has 164 valence electrons. The van der Waals surface area contributed by atoms with Crippen molar-refractivity contribution in [2.24, 2.45) is 5.92 Å². The summed E-state index contributed by atoms with van der Waals surface area (Å²) in [7, 11) is 0. The second-order valence-corrected chi connectivity index (χ2v) is 7.56. The van der Waals surface area contributed by atoms with E-state index in [1.165, 1.54) is 18.2 Å². The average Bonchev–Trinajstić information content (AvgIpc) is 3.45. The Morgan fingerprint density at radius 1 is 1.29 bits per heavy atom. The van der Waals surface area contributed by atoms with Crippen molar-refractivity contribution in [3.8, 4) is 0 Å². The molecule has 0 aliphatic carbocycles. The second kappa shape index (κ2) is 8.05. The van der Waals surface area contributed by atoms with Crippen LogP contribution in [-0.4, -0.2) is 56.1 Å². The third-order valence-corrected chi connectivity index (χ3v) is 5.26. The van der Waals surface area contributed by atoms with Crippen molar-refractivity contribution in [3.63, 3.8) is 0 Å². The highest BCUT2D eigenvalue weighted by Crippen LogP contribution is 2.29. The van der Waals surface area contributed by atoms with E-state index >= 15 is 0 Å². The number of aryl methyl sites for hydroxylation is 1. The maximum absolute atomic E-state index is 12.8. The number of alkyl halides is 3. The van der Waals surface area contributed by atoms with E-state index in [2.05, 4.69) is 20.4 Å². The number of fused-ring (bicyclic) bond motifs is 1. The van der Waals surface area contributed by atoms with Gasteiger partial charge < -0.3 is 15.2 Å². The molecule has 1 saturated heterocycles. The van der Waals surface area contributed by atoms with E-state index < -0.39 is 12.0 Å². The summed E-state index contributed by atoms with van der Waals surface area (Å²) in [4.78, 5) is 32.5. The summed E-state index contributed by atoms with van der Waals surface area (Å²) in [6.07, 6.45) is -2.22. The minimum atomic E-state index is -4.59. The number of likely N-dealkylation sites (tertiary alicyclic amines) is 1. The number of benzene rings is 1. The molecule has 0 radical (unpaired) electrons. The van der Waals surface area contributed by atoms with Gasteiger partial charge in [0.2, 0.25) is 11.7 Å². The fourth-order valence-electron chi connectivity index (χ4n) is 3.64. The lowest BCUT2D eigenvalue weighted by Gasteiger charge is -2.16. The first-order valence-corrected chi connectivity index (χ1v) is 9.85. The highest BCUT2D eigenvalue weighted by atomic mass is 19.4. The first-order valence-electron chi connectivity index (χ1n) is 9.85. The van der Waals surface area contributed by atoms with Gasteiger partial charge in [-0.25, -0.2) is 4.98 Å². The lowest BCUT2D eigenvalue weighted by Crippen LogP contribution is -2.36. The Hall–Kier alpha value is -3.37. The van der Waals surface area contributed by atoms with Crippen LogP contribution < -0.4 is 5.32 Å². The van der Waals surface area contributed by atoms with Gasteiger partial charge >= 0.3 is 6.18 Å². The van der Waals surface area contributed by atoms with Crippen molar-refractivity contribution in [2.45, 2.75) is 26.1 Å². The van der Waals surface area contributed by atoms with Crippen molar-refractivity contribution in [3.05, 3.63) is 47.5 Å². The van der Waals surface area contributed by atoms with Crippen LogP contribution in [0.1, 0.15) is 28.3 Å². The van der Waals surface area contributed by atoms with Crippen molar-refractivity contribution in [1.82, 2.24) is 30.0 Å². The molecule has 2 aromatic heterocycles. The van der Waals surface area contributed by atoms with Gasteiger partial charge in [0.25, 0.3) is 5.91 Å². The Bertz CT molecular complexity index is 1120. The summed E-state index contributed by atoms with van der Waals surface area (Å²) < 4.78 is 40.2. The topological polar surface area (TPSA) is 95.9 Å². The van der Waals surface area contributed by atoms with E-state index in [0.29, 0.717) is 26.1 Å². The van der Waals surface area contributed by atoms with E-state index in [0.717, 1.165) is 5.69 Å². The number of H-pyrrole nitrogens is 1. The van der Waals surface area contributed by atoms with Crippen molar-refractivity contribution in [1.29, 1.82) is 0 Å². The number of hydrogen-bond donors (Lipinski definition) is 2. The summed E-state index contributed by atoms with van der Waals surface area (Å²) in [5.41, 5.74) is 1.43.